The van der Waals surface area contributed by atoms with Crippen molar-refractivity contribution in [3.05, 3.63) is 17.8 Å². The van der Waals surface area contributed by atoms with Crippen molar-refractivity contribution in [2.75, 3.05) is 7.11 Å². The summed E-state index contributed by atoms with van der Waals surface area (Å²) in [4.78, 5) is 4.41. The Labute approximate surface area is 70.0 Å². The van der Waals surface area contributed by atoms with Crippen molar-refractivity contribution in [3.8, 4) is 11.9 Å². The molecule has 56 valence electrons. The summed E-state index contributed by atoms with van der Waals surface area (Å²) in [6.07, 6.45) is 0. The lowest BCUT2D eigenvalue weighted by Crippen LogP contribution is -1.90. The molecule has 0 aliphatic rings. The molecule has 1 aromatic heterocycles. The van der Waals surface area contributed by atoms with Crippen LogP contribution in [0.15, 0.2) is 17.0 Å². The topological polar surface area (TPSA) is 45.9 Å². The second-order valence-corrected chi connectivity index (χ2v) is 2.31. The maximum Gasteiger partial charge on any atom is 0.214 e. The zero-order valence-electron chi connectivity index (χ0n) is 5.90. The van der Waals surface area contributed by atoms with Gasteiger partial charge in [0.05, 0.1) is 7.11 Å². The number of pyridine rings is 1. The first kappa shape index (κ1) is 7.89. The van der Waals surface area contributed by atoms with Gasteiger partial charge >= 0.3 is 0 Å². The van der Waals surface area contributed by atoms with Crippen LogP contribution in [-0.2, 0) is 0 Å². The van der Waals surface area contributed by atoms with E-state index in [1.54, 1.807) is 12.1 Å². The smallest absolute Gasteiger partial charge is 0.214 e. The van der Waals surface area contributed by atoms with Crippen molar-refractivity contribution in [1.82, 2.24) is 4.98 Å². The van der Waals surface area contributed by atoms with E-state index in [2.05, 4.69) is 17.6 Å². The third-order valence-electron chi connectivity index (χ3n) is 1.16. The highest BCUT2D eigenvalue weighted by atomic mass is 32.1. The van der Waals surface area contributed by atoms with Gasteiger partial charge < -0.3 is 4.74 Å². The minimum absolute atomic E-state index is 0.285. The Morgan fingerprint density at radius 1 is 1.64 bits per heavy atom. The highest BCUT2D eigenvalue weighted by molar-refractivity contribution is 7.80. The van der Waals surface area contributed by atoms with E-state index in [1.807, 2.05) is 6.07 Å². The fraction of sp³-hybridized carbons (Fsp3) is 0.143. The average molecular weight is 166 g/mol. The molecule has 1 heterocycles. The van der Waals surface area contributed by atoms with E-state index in [1.165, 1.54) is 7.11 Å². The van der Waals surface area contributed by atoms with Crippen LogP contribution in [0, 0.1) is 11.3 Å². The van der Waals surface area contributed by atoms with Crippen LogP contribution in [0.25, 0.3) is 0 Å². The molecule has 0 aromatic carbocycles. The molecule has 4 heteroatoms. The monoisotopic (exact) mass is 166 g/mol. The SMILES string of the molecule is COc1ccc(S)c(C#N)n1. The first-order valence-electron chi connectivity index (χ1n) is 2.92. The molecule has 1 aromatic rings. The average Bonchev–Trinajstić information content (AvgIpc) is 2.05. The normalized spacial score (nSPS) is 8.82. The van der Waals surface area contributed by atoms with Crippen LogP contribution in [0.5, 0.6) is 5.88 Å². The van der Waals surface area contributed by atoms with Crippen molar-refractivity contribution in [3.63, 3.8) is 0 Å². The van der Waals surface area contributed by atoms with Gasteiger partial charge in [-0.05, 0) is 6.07 Å². The maximum absolute atomic E-state index is 8.52. The second kappa shape index (κ2) is 3.26. The zero-order valence-corrected chi connectivity index (χ0v) is 6.80. The summed E-state index contributed by atoms with van der Waals surface area (Å²) in [6, 6.07) is 5.23. The van der Waals surface area contributed by atoms with Gasteiger partial charge in [-0.1, -0.05) is 0 Å². The van der Waals surface area contributed by atoms with Crippen LogP contribution in [0.1, 0.15) is 5.69 Å². The molecule has 0 N–H and O–H groups in total. The number of ether oxygens (including phenoxy) is 1. The Balaban J connectivity index is 3.15. The Morgan fingerprint density at radius 2 is 2.36 bits per heavy atom. The van der Waals surface area contributed by atoms with Crippen molar-refractivity contribution in [2.24, 2.45) is 0 Å². The van der Waals surface area contributed by atoms with E-state index < -0.39 is 0 Å². The third-order valence-corrected chi connectivity index (χ3v) is 1.52. The highest BCUT2D eigenvalue weighted by Crippen LogP contribution is 2.14. The summed E-state index contributed by atoms with van der Waals surface area (Å²) < 4.78 is 4.82. The molecule has 3 nitrogen and oxygen atoms in total. The lowest BCUT2D eigenvalue weighted by molar-refractivity contribution is 0.397. The molecule has 0 spiro atoms. The Hall–Kier alpha value is -1.21. The number of methoxy groups -OCH3 is 1. The summed E-state index contributed by atoms with van der Waals surface area (Å²) in [5.41, 5.74) is 0.285. The second-order valence-electron chi connectivity index (χ2n) is 1.83. The van der Waals surface area contributed by atoms with Gasteiger partial charge in [0.25, 0.3) is 0 Å². The number of thiol groups is 1. The first-order valence-corrected chi connectivity index (χ1v) is 3.36. The summed E-state index contributed by atoms with van der Waals surface area (Å²) in [7, 11) is 1.50. The molecule has 0 unspecified atom stereocenters. The molecule has 0 aliphatic carbocycles. The van der Waals surface area contributed by atoms with Gasteiger partial charge in [0.2, 0.25) is 5.88 Å². The van der Waals surface area contributed by atoms with Gasteiger partial charge in [-0.15, -0.1) is 12.6 Å². The molecule has 0 amide bonds. The van der Waals surface area contributed by atoms with Crippen LogP contribution in [-0.4, -0.2) is 12.1 Å². The standard InChI is InChI=1S/C7H6N2OS/c1-10-7-3-2-6(11)5(4-8)9-7/h2-3,11H,1H3. The molecule has 0 saturated heterocycles. The minimum atomic E-state index is 0.285. The molecule has 0 atom stereocenters. The van der Waals surface area contributed by atoms with Gasteiger partial charge in [-0.3, -0.25) is 0 Å². The van der Waals surface area contributed by atoms with E-state index >= 15 is 0 Å². The van der Waals surface area contributed by atoms with Gasteiger partial charge in [0.15, 0.2) is 5.69 Å². The fourth-order valence-corrected chi connectivity index (χ4v) is 0.804. The molecule has 0 saturated carbocycles. The molecule has 0 bridgehead atoms. The van der Waals surface area contributed by atoms with E-state index in [-0.39, 0.29) is 5.69 Å². The van der Waals surface area contributed by atoms with Crippen LogP contribution in [0.4, 0.5) is 0 Å². The summed E-state index contributed by atoms with van der Waals surface area (Å²) >= 11 is 4.02. The van der Waals surface area contributed by atoms with Crippen molar-refractivity contribution in [1.29, 1.82) is 5.26 Å². The van der Waals surface area contributed by atoms with Gasteiger partial charge in [-0.2, -0.15) is 5.26 Å². The fourth-order valence-electron chi connectivity index (χ4n) is 0.630. The van der Waals surface area contributed by atoms with Crippen molar-refractivity contribution >= 4 is 12.6 Å². The Kier molecular flexibility index (Phi) is 2.34. The Bertz CT molecular complexity index is 306. The summed E-state index contributed by atoms with van der Waals surface area (Å²) in [5.74, 6) is 0.430. The lowest BCUT2D eigenvalue weighted by atomic mass is 10.4. The number of nitrogens with zero attached hydrogens (tertiary/aromatic N) is 2. The van der Waals surface area contributed by atoms with Crippen LogP contribution < -0.4 is 4.74 Å². The number of rotatable bonds is 1. The number of aromatic nitrogens is 1. The summed E-state index contributed by atoms with van der Waals surface area (Å²) in [5, 5.41) is 8.52. The minimum Gasteiger partial charge on any atom is -0.481 e. The molecule has 0 radical (unpaired) electrons. The number of hydrogen-bond donors (Lipinski definition) is 1. The largest absolute Gasteiger partial charge is 0.481 e. The molecule has 11 heavy (non-hydrogen) atoms. The van der Waals surface area contributed by atoms with Gasteiger partial charge in [0.1, 0.15) is 6.07 Å². The van der Waals surface area contributed by atoms with Crippen LogP contribution in [0.2, 0.25) is 0 Å². The number of hydrogen-bond acceptors (Lipinski definition) is 4. The van der Waals surface area contributed by atoms with E-state index in [4.69, 9.17) is 10.00 Å². The summed E-state index contributed by atoms with van der Waals surface area (Å²) in [6.45, 7) is 0. The van der Waals surface area contributed by atoms with Crippen molar-refractivity contribution < 1.29 is 4.74 Å². The van der Waals surface area contributed by atoms with E-state index in [0.29, 0.717) is 10.8 Å². The van der Waals surface area contributed by atoms with Crippen LogP contribution in [0.3, 0.4) is 0 Å². The predicted octanol–water partition coefficient (Wildman–Crippen LogP) is 1.25. The Morgan fingerprint density at radius 3 is 2.91 bits per heavy atom. The van der Waals surface area contributed by atoms with E-state index in [0.717, 1.165) is 0 Å². The molecular weight excluding hydrogens is 160 g/mol. The third kappa shape index (κ3) is 1.63. The molecule has 0 aliphatic heterocycles. The van der Waals surface area contributed by atoms with Crippen LogP contribution >= 0.6 is 12.6 Å². The highest BCUT2D eigenvalue weighted by Gasteiger charge is 2.00. The first-order chi connectivity index (χ1) is 5.27. The molecular formula is C7H6N2OS. The molecule has 0 fully saturated rings. The maximum atomic E-state index is 8.52. The number of nitriles is 1. The molecule has 1 rings (SSSR count). The van der Waals surface area contributed by atoms with E-state index in [9.17, 15) is 0 Å². The lowest BCUT2D eigenvalue weighted by Gasteiger charge is -1.98. The van der Waals surface area contributed by atoms with Gasteiger partial charge in [0, 0.05) is 11.0 Å². The predicted molar refractivity (Wildman–Crippen MR) is 42.8 cm³/mol. The quantitative estimate of drug-likeness (QED) is 0.639. The van der Waals surface area contributed by atoms with Crippen molar-refractivity contribution in [2.45, 2.75) is 4.90 Å². The zero-order chi connectivity index (χ0) is 8.27. The van der Waals surface area contributed by atoms with Gasteiger partial charge in [-0.25, -0.2) is 4.98 Å².